The number of rotatable bonds is 4. The number of hydrogen-bond donors (Lipinski definition) is 1. The molecule has 2 atom stereocenters. The normalized spacial score (nSPS) is 22.9. The molecule has 2 rings (SSSR count). The Morgan fingerprint density at radius 2 is 2.39 bits per heavy atom. The number of thioether (sulfide) groups is 1. The summed E-state index contributed by atoms with van der Waals surface area (Å²) in [5.41, 5.74) is 7.10. The van der Waals surface area contributed by atoms with E-state index in [4.69, 9.17) is 10.5 Å². The smallest absolute Gasteiger partial charge is 0.0796 e. The topological polar surface area (TPSA) is 38.5 Å². The monoisotopic (exact) mass is 266 g/mol. The zero-order valence-corrected chi connectivity index (χ0v) is 12.0. The minimum Gasteiger partial charge on any atom is -0.375 e. The van der Waals surface area contributed by atoms with Gasteiger partial charge in [-0.3, -0.25) is 0 Å². The lowest BCUT2D eigenvalue weighted by Gasteiger charge is -2.29. The van der Waals surface area contributed by atoms with Gasteiger partial charge in [0.1, 0.15) is 0 Å². The number of nitrogens with two attached hydrogens (primary N) is 1. The van der Waals surface area contributed by atoms with Crippen LogP contribution in [0.25, 0.3) is 0 Å². The lowest BCUT2D eigenvalue weighted by molar-refractivity contribution is -0.00598. The molecule has 1 aliphatic rings. The van der Waals surface area contributed by atoms with E-state index >= 15 is 0 Å². The maximum absolute atomic E-state index is 5.90. The molecule has 0 saturated carbocycles. The molecule has 0 aromatic heterocycles. The molecule has 1 heterocycles. The lowest BCUT2D eigenvalue weighted by atomic mass is 10.1. The summed E-state index contributed by atoms with van der Waals surface area (Å²) in [5.74, 6) is 1.01. The highest BCUT2D eigenvalue weighted by molar-refractivity contribution is 7.99. The predicted molar refractivity (Wildman–Crippen MR) is 77.0 cm³/mol. The first-order valence-electron chi connectivity index (χ1n) is 6.43. The van der Waals surface area contributed by atoms with Crippen molar-refractivity contribution in [3.63, 3.8) is 0 Å². The number of morpholine rings is 1. The molecule has 0 aliphatic carbocycles. The first-order chi connectivity index (χ1) is 8.65. The Bertz CT molecular complexity index is 384. The van der Waals surface area contributed by atoms with E-state index in [9.17, 15) is 0 Å². The number of likely N-dealkylation sites (N-methyl/N-ethyl adjacent to an activating group) is 1. The van der Waals surface area contributed by atoms with Crippen LogP contribution in [-0.2, 0) is 4.74 Å². The van der Waals surface area contributed by atoms with Crippen LogP contribution in [0.5, 0.6) is 0 Å². The van der Waals surface area contributed by atoms with Crippen LogP contribution in [0.4, 0.5) is 0 Å². The molecular formula is C14H22N2OS. The van der Waals surface area contributed by atoms with Gasteiger partial charge in [0.25, 0.3) is 0 Å². The fraction of sp³-hybridized carbons (Fsp3) is 0.571. The fourth-order valence-electron chi connectivity index (χ4n) is 2.04. The molecule has 1 aromatic rings. The quantitative estimate of drug-likeness (QED) is 0.847. The molecule has 1 aromatic carbocycles. The second-order valence-electron chi connectivity index (χ2n) is 4.93. The third kappa shape index (κ3) is 3.99. The molecule has 3 nitrogen and oxygen atoms in total. The molecular weight excluding hydrogens is 244 g/mol. The van der Waals surface area contributed by atoms with Crippen LogP contribution in [-0.4, -0.2) is 43.5 Å². The fourth-order valence-corrected chi connectivity index (χ4v) is 3.02. The van der Waals surface area contributed by atoms with Crippen molar-refractivity contribution >= 4 is 11.8 Å². The van der Waals surface area contributed by atoms with Crippen LogP contribution in [0.3, 0.4) is 0 Å². The molecule has 1 aliphatic heterocycles. The van der Waals surface area contributed by atoms with Crippen molar-refractivity contribution in [1.82, 2.24) is 4.90 Å². The van der Waals surface area contributed by atoms with Gasteiger partial charge < -0.3 is 15.4 Å². The lowest BCUT2D eigenvalue weighted by Crippen LogP contribution is -2.41. The molecule has 0 radical (unpaired) electrons. The van der Waals surface area contributed by atoms with Gasteiger partial charge in [-0.25, -0.2) is 0 Å². The summed E-state index contributed by atoms with van der Waals surface area (Å²) in [7, 11) is 2.15. The van der Waals surface area contributed by atoms with E-state index in [-0.39, 0.29) is 6.04 Å². The van der Waals surface area contributed by atoms with Gasteiger partial charge in [-0.15, -0.1) is 11.8 Å². The van der Waals surface area contributed by atoms with Gasteiger partial charge in [-0.1, -0.05) is 12.1 Å². The molecule has 2 unspecified atom stereocenters. The Labute approximate surface area is 114 Å². The van der Waals surface area contributed by atoms with Gasteiger partial charge in [0.2, 0.25) is 0 Å². The van der Waals surface area contributed by atoms with Crippen molar-refractivity contribution < 1.29 is 4.74 Å². The summed E-state index contributed by atoms with van der Waals surface area (Å²) in [4.78, 5) is 3.61. The third-order valence-electron chi connectivity index (χ3n) is 3.16. The maximum Gasteiger partial charge on any atom is 0.0796 e. The Kier molecular flexibility index (Phi) is 5.06. The highest BCUT2D eigenvalue weighted by Gasteiger charge is 2.17. The molecule has 0 amide bonds. The Balaban J connectivity index is 1.87. The average Bonchev–Trinajstić information content (AvgIpc) is 2.37. The number of hydrogen-bond acceptors (Lipinski definition) is 4. The minimum atomic E-state index is 0.0996. The molecule has 100 valence electrons. The van der Waals surface area contributed by atoms with Crippen molar-refractivity contribution in [1.29, 1.82) is 0 Å². The number of nitrogens with zero attached hydrogens (tertiary/aromatic N) is 1. The highest BCUT2D eigenvalue weighted by atomic mass is 32.2. The predicted octanol–water partition coefficient (Wildman–Crippen LogP) is 2.13. The second-order valence-corrected chi connectivity index (χ2v) is 6.02. The van der Waals surface area contributed by atoms with Crippen LogP contribution in [0, 0.1) is 0 Å². The molecule has 1 saturated heterocycles. The van der Waals surface area contributed by atoms with Gasteiger partial charge in [0, 0.05) is 29.8 Å². The van der Waals surface area contributed by atoms with E-state index < -0.39 is 0 Å². The molecule has 1 fully saturated rings. The van der Waals surface area contributed by atoms with Gasteiger partial charge in [0.05, 0.1) is 12.7 Å². The number of ether oxygens (including phenoxy) is 1. The summed E-state index contributed by atoms with van der Waals surface area (Å²) >= 11 is 1.85. The first-order valence-corrected chi connectivity index (χ1v) is 7.42. The minimum absolute atomic E-state index is 0.0996. The molecule has 4 heteroatoms. The van der Waals surface area contributed by atoms with Gasteiger partial charge >= 0.3 is 0 Å². The number of benzene rings is 1. The van der Waals surface area contributed by atoms with Crippen molar-refractivity contribution in [3.8, 4) is 0 Å². The highest BCUT2D eigenvalue weighted by Crippen LogP contribution is 2.23. The van der Waals surface area contributed by atoms with E-state index in [1.54, 1.807) is 0 Å². The van der Waals surface area contributed by atoms with Gasteiger partial charge in [-0.05, 0) is 31.7 Å². The van der Waals surface area contributed by atoms with E-state index in [0.29, 0.717) is 6.10 Å². The Morgan fingerprint density at radius 1 is 1.56 bits per heavy atom. The van der Waals surface area contributed by atoms with E-state index in [0.717, 1.165) is 25.4 Å². The zero-order chi connectivity index (χ0) is 13.0. The molecule has 2 N–H and O–H groups in total. The summed E-state index contributed by atoms with van der Waals surface area (Å²) < 4.78 is 5.76. The van der Waals surface area contributed by atoms with E-state index in [1.165, 1.54) is 10.5 Å². The van der Waals surface area contributed by atoms with Crippen LogP contribution in [0.1, 0.15) is 18.5 Å². The standard InChI is InChI=1S/C14H22N2OS/c1-11(15)12-4-3-5-14(8-12)18-10-13-9-16(2)6-7-17-13/h3-5,8,11,13H,6-7,9-10,15H2,1-2H3. The molecule has 0 spiro atoms. The van der Waals surface area contributed by atoms with E-state index in [1.807, 2.05) is 18.7 Å². The van der Waals surface area contributed by atoms with Crippen LogP contribution in [0.15, 0.2) is 29.2 Å². The van der Waals surface area contributed by atoms with Crippen LogP contribution >= 0.6 is 11.8 Å². The van der Waals surface area contributed by atoms with Crippen LogP contribution < -0.4 is 5.73 Å². The van der Waals surface area contributed by atoms with Crippen molar-refractivity contribution in [2.75, 3.05) is 32.5 Å². The summed E-state index contributed by atoms with van der Waals surface area (Å²) in [6.45, 7) is 4.94. The van der Waals surface area contributed by atoms with Crippen molar-refractivity contribution in [2.45, 2.75) is 24.0 Å². The SMILES string of the molecule is CC(N)c1cccc(SCC2CN(C)CCO2)c1. The maximum atomic E-state index is 5.90. The summed E-state index contributed by atoms with van der Waals surface area (Å²) in [5, 5.41) is 0. The summed E-state index contributed by atoms with van der Waals surface area (Å²) in [6.07, 6.45) is 0.340. The van der Waals surface area contributed by atoms with E-state index in [2.05, 4.69) is 36.2 Å². The van der Waals surface area contributed by atoms with Crippen molar-refractivity contribution in [2.24, 2.45) is 5.73 Å². The Hall–Kier alpha value is -0.550. The molecule has 18 heavy (non-hydrogen) atoms. The second kappa shape index (κ2) is 6.57. The Morgan fingerprint density at radius 3 is 3.11 bits per heavy atom. The summed E-state index contributed by atoms with van der Waals surface area (Å²) in [6, 6.07) is 8.59. The van der Waals surface area contributed by atoms with Crippen molar-refractivity contribution in [3.05, 3.63) is 29.8 Å². The van der Waals surface area contributed by atoms with Gasteiger partial charge in [0.15, 0.2) is 0 Å². The first kappa shape index (κ1) is 13.9. The third-order valence-corrected chi connectivity index (χ3v) is 4.29. The zero-order valence-electron chi connectivity index (χ0n) is 11.1. The largest absolute Gasteiger partial charge is 0.375 e. The average molecular weight is 266 g/mol. The van der Waals surface area contributed by atoms with Gasteiger partial charge in [-0.2, -0.15) is 0 Å². The molecule has 0 bridgehead atoms. The van der Waals surface area contributed by atoms with Crippen LogP contribution in [0.2, 0.25) is 0 Å².